The Hall–Kier alpha value is -1.14. The van der Waals surface area contributed by atoms with Crippen molar-refractivity contribution in [2.24, 2.45) is 11.1 Å². The number of nitrogens with zero attached hydrogens (tertiary/aromatic N) is 2. The maximum Gasteiger partial charge on any atom is 0.246 e. The van der Waals surface area contributed by atoms with Gasteiger partial charge >= 0.3 is 0 Å². The number of amides is 1. The highest BCUT2D eigenvalue weighted by atomic mass is 35.5. The van der Waals surface area contributed by atoms with Crippen molar-refractivity contribution in [3.63, 3.8) is 0 Å². The normalized spacial score (nSPS) is 17.0. The van der Waals surface area contributed by atoms with Crippen molar-refractivity contribution in [3.8, 4) is 0 Å². The van der Waals surface area contributed by atoms with E-state index in [1.807, 2.05) is 20.8 Å². The molecule has 1 aliphatic carbocycles. The fraction of sp³-hybridized carbons (Fsp3) is 0.769. The molecule has 0 aliphatic heterocycles. The number of aromatic nitrogens is 2. The minimum atomic E-state index is -0.419. The molecule has 0 aromatic carbocycles. The van der Waals surface area contributed by atoms with Crippen LogP contribution in [0.15, 0.2) is 4.52 Å². The van der Waals surface area contributed by atoms with Gasteiger partial charge in [-0.05, 0) is 24.7 Å². The van der Waals surface area contributed by atoms with Crippen LogP contribution in [0.1, 0.15) is 58.2 Å². The summed E-state index contributed by atoms with van der Waals surface area (Å²) >= 11 is 0. The Morgan fingerprint density at radius 2 is 2.10 bits per heavy atom. The van der Waals surface area contributed by atoms with Gasteiger partial charge in [0.2, 0.25) is 11.8 Å². The van der Waals surface area contributed by atoms with Gasteiger partial charge in [0.1, 0.15) is 0 Å². The maximum absolute atomic E-state index is 11.7. The number of rotatable bonds is 4. The van der Waals surface area contributed by atoms with E-state index in [1.54, 1.807) is 0 Å². The highest BCUT2D eigenvalue weighted by Gasteiger charge is 2.38. The van der Waals surface area contributed by atoms with Gasteiger partial charge in [-0.15, -0.1) is 12.4 Å². The van der Waals surface area contributed by atoms with Crippen LogP contribution in [0.5, 0.6) is 0 Å². The molecule has 1 aliphatic rings. The lowest BCUT2D eigenvalue weighted by Crippen LogP contribution is -2.44. The van der Waals surface area contributed by atoms with Gasteiger partial charge in [0.05, 0.1) is 12.1 Å². The van der Waals surface area contributed by atoms with Crippen molar-refractivity contribution in [1.82, 2.24) is 15.5 Å². The molecule has 1 heterocycles. The fourth-order valence-electron chi connectivity index (χ4n) is 2.03. The molecule has 1 fully saturated rings. The van der Waals surface area contributed by atoms with Gasteiger partial charge in [-0.1, -0.05) is 25.9 Å². The van der Waals surface area contributed by atoms with Gasteiger partial charge in [-0.2, -0.15) is 4.98 Å². The first-order chi connectivity index (χ1) is 8.78. The van der Waals surface area contributed by atoms with Crippen LogP contribution >= 0.6 is 12.4 Å². The number of nitrogens with one attached hydrogen (secondary N) is 1. The molecule has 114 valence electrons. The molecule has 6 nitrogen and oxygen atoms in total. The zero-order chi connectivity index (χ0) is 14.1. The molecule has 3 N–H and O–H groups in total. The first-order valence-electron chi connectivity index (χ1n) is 6.67. The van der Waals surface area contributed by atoms with Gasteiger partial charge in [-0.3, -0.25) is 4.79 Å². The van der Waals surface area contributed by atoms with Crippen LogP contribution in [-0.4, -0.2) is 16.0 Å². The second kappa shape index (κ2) is 6.10. The number of hydrogen-bond acceptors (Lipinski definition) is 5. The average Bonchev–Trinajstić information content (AvgIpc) is 2.69. The Bertz CT molecular complexity index is 463. The summed E-state index contributed by atoms with van der Waals surface area (Å²) in [5.41, 5.74) is 5.65. The van der Waals surface area contributed by atoms with Crippen LogP contribution in [0.3, 0.4) is 0 Å². The SMILES string of the molecule is CC(C)(C)CC(=O)NCc1nc(C2(N)CCC2)no1.Cl. The predicted molar refractivity (Wildman–Crippen MR) is 77.2 cm³/mol. The largest absolute Gasteiger partial charge is 0.347 e. The van der Waals surface area contributed by atoms with Gasteiger partial charge in [0.15, 0.2) is 5.82 Å². The van der Waals surface area contributed by atoms with E-state index in [1.165, 1.54) is 0 Å². The Balaban J connectivity index is 0.00000200. The van der Waals surface area contributed by atoms with E-state index in [-0.39, 0.29) is 30.3 Å². The number of carbonyl (C=O) groups excluding carboxylic acids is 1. The van der Waals surface area contributed by atoms with Crippen LogP contribution in [0, 0.1) is 5.41 Å². The van der Waals surface area contributed by atoms with Gasteiger partial charge in [-0.25, -0.2) is 0 Å². The molecule has 0 radical (unpaired) electrons. The molecule has 2 rings (SSSR count). The molecule has 1 amide bonds. The summed E-state index contributed by atoms with van der Waals surface area (Å²) in [5.74, 6) is 0.950. The first kappa shape index (κ1) is 16.9. The Morgan fingerprint density at radius 1 is 1.45 bits per heavy atom. The molecule has 0 spiro atoms. The minimum absolute atomic E-state index is 0. The molecule has 1 saturated carbocycles. The zero-order valence-corrected chi connectivity index (χ0v) is 13.0. The highest BCUT2D eigenvalue weighted by Crippen LogP contribution is 2.36. The van der Waals surface area contributed by atoms with E-state index in [4.69, 9.17) is 10.3 Å². The minimum Gasteiger partial charge on any atom is -0.347 e. The van der Waals surface area contributed by atoms with Crippen LogP contribution < -0.4 is 11.1 Å². The molecule has 0 unspecified atom stereocenters. The van der Waals surface area contributed by atoms with Gasteiger partial charge in [0, 0.05) is 6.42 Å². The molecule has 1 aromatic heterocycles. The van der Waals surface area contributed by atoms with Crippen molar-refractivity contribution in [3.05, 3.63) is 11.7 Å². The second-order valence-electron chi connectivity index (χ2n) is 6.54. The summed E-state index contributed by atoms with van der Waals surface area (Å²) in [5, 5.41) is 6.68. The third-order valence-electron chi connectivity index (χ3n) is 3.29. The third kappa shape index (κ3) is 4.18. The van der Waals surface area contributed by atoms with Crippen LogP contribution in [0.2, 0.25) is 0 Å². The molecular weight excluding hydrogens is 280 g/mol. The molecule has 7 heteroatoms. The fourth-order valence-corrected chi connectivity index (χ4v) is 2.03. The van der Waals surface area contributed by atoms with Crippen LogP contribution in [-0.2, 0) is 16.9 Å². The summed E-state index contributed by atoms with van der Waals surface area (Å²) < 4.78 is 5.11. The van der Waals surface area contributed by atoms with Crippen molar-refractivity contribution < 1.29 is 9.32 Å². The van der Waals surface area contributed by atoms with Crippen molar-refractivity contribution >= 4 is 18.3 Å². The lowest BCUT2D eigenvalue weighted by atomic mass is 9.77. The Labute approximate surface area is 125 Å². The number of hydrogen-bond donors (Lipinski definition) is 2. The number of nitrogens with two attached hydrogens (primary N) is 1. The zero-order valence-electron chi connectivity index (χ0n) is 12.2. The Morgan fingerprint density at radius 3 is 2.60 bits per heavy atom. The van der Waals surface area contributed by atoms with Gasteiger partial charge < -0.3 is 15.6 Å². The van der Waals surface area contributed by atoms with Crippen molar-refractivity contribution in [2.75, 3.05) is 0 Å². The smallest absolute Gasteiger partial charge is 0.246 e. The van der Waals surface area contributed by atoms with E-state index in [9.17, 15) is 4.79 Å². The highest BCUT2D eigenvalue weighted by molar-refractivity contribution is 5.85. The summed E-state index contributed by atoms with van der Waals surface area (Å²) in [6.45, 7) is 6.32. The molecule has 1 aromatic rings. The summed E-state index contributed by atoms with van der Waals surface area (Å²) in [7, 11) is 0. The molecule has 20 heavy (non-hydrogen) atoms. The molecular formula is C13H23ClN4O2. The van der Waals surface area contributed by atoms with Crippen LogP contribution in [0.25, 0.3) is 0 Å². The molecule has 0 bridgehead atoms. The Kier molecular flexibility index (Phi) is 5.15. The van der Waals surface area contributed by atoms with E-state index in [2.05, 4.69) is 15.5 Å². The van der Waals surface area contributed by atoms with E-state index in [0.717, 1.165) is 19.3 Å². The number of carbonyl (C=O) groups is 1. The summed E-state index contributed by atoms with van der Waals surface area (Å²) in [6, 6.07) is 0. The molecule has 0 saturated heterocycles. The van der Waals surface area contributed by atoms with E-state index < -0.39 is 5.54 Å². The standard InChI is InChI=1S/C13H22N4O2.ClH/c1-12(2,3)7-9(18)15-8-10-16-11(17-19-10)13(14)5-4-6-13;/h4-8,14H2,1-3H3,(H,15,18);1H. The van der Waals surface area contributed by atoms with E-state index >= 15 is 0 Å². The lowest BCUT2D eigenvalue weighted by Gasteiger charge is -2.34. The first-order valence-corrected chi connectivity index (χ1v) is 6.67. The maximum atomic E-state index is 11.7. The van der Waals surface area contributed by atoms with Crippen molar-refractivity contribution in [2.45, 2.75) is 58.5 Å². The predicted octanol–water partition coefficient (Wildman–Crippen LogP) is 1.88. The van der Waals surface area contributed by atoms with Gasteiger partial charge in [0.25, 0.3) is 0 Å². The van der Waals surface area contributed by atoms with Crippen LogP contribution in [0.4, 0.5) is 0 Å². The summed E-state index contributed by atoms with van der Waals surface area (Å²) in [6.07, 6.45) is 3.35. The number of halogens is 1. The monoisotopic (exact) mass is 302 g/mol. The summed E-state index contributed by atoms with van der Waals surface area (Å²) in [4.78, 5) is 15.9. The average molecular weight is 303 g/mol. The lowest BCUT2D eigenvalue weighted by molar-refractivity contribution is -0.123. The quantitative estimate of drug-likeness (QED) is 0.885. The second-order valence-corrected chi connectivity index (χ2v) is 6.54. The van der Waals surface area contributed by atoms with E-state index in [0.29, 0.717) is 18.1 Å². The topological polar surface area (TPSA) is 94.0 Å². The molecule has 0 atom stereocenters. The third-order valence-corrected chi connectivity index (χ3v) is 3.29. The van der Waals surface area contributed by atoms with Crippen molar-refractivity contribution in [1.29, 1.82) is 0 Å².